The number of nitrogens with zero attached hydrogens (tertiary/aromatic N) is 2. The quantitative estimate of drug-likeness (QED) is 0.616. The number of amides is 1. The molecule has 2 atom stereocenters. The second-order valence-corrected chi connectivity index (χ2v) is 4.96. The molecule has 0 spiro atoms. The summed E-state index contributed by atoms with van der Waals surface area (Å²) >= 11 is 0. The summed E-state index contributed by atoms with van der Waals surface area (Å²) in [6.45, 7) is 2.58. The molecule has 0 radical (unpaired) electrons. The van der Waals surface area contributed by atoms with Crippen LogP contribution < -0.4 is 0 Å². The van der Waals surface area contributed by atoms with Gasteiger partial charge in [-0.15, -0.1) is 0 Å². The van der Waals surface area contributed by atoms with Gasteiger partial charge in [-0.2, -0.15) is 0 Å². The summed E-state index contributed by atoms with van der Waals surface area (Å²) in [6.07, 6.45) is 0.700. The third-order valence-corrected chi connectivity index (χ3v) is 3.70. The number of benzene rings is 1. The normalized spacial score (nSPS) is 24.6. The number of ether oxygens (including phenoxy) is 1. The fraction of sp³-hybridized carbons (Fsp3) is 0.400. The first-order valence-corrected chi connectivity index (χ1v) is 6.80. The maximum absolute atomic E-state index is 12.2. The van der Waals surface area contributed by atoms with E-state index in [0.717, 1.165) is 0 Å². The van der Waals surface area contributed by atoms with Crippen LogP contribution in [0, 0.1) is 0 Å². The molecule has 1 saturated heterocycles. The van der Waals surface area contributed by atoms with Gasteiger partial charge in [0.15, 0.2) is 0 Å². The Morgan fingerprint density at radius 2 is 2.15 bits per heavy atom. The number of carbonyl (C=O) groups is 2. The van der Waals surface area contributed by atoms with Gasteiger partial charge in [0.25, 0.3) is 5.91 Å². The van der Waals surface area contributed by atoms with E-state index in [4.69, 9.17) is 4.74 Å². The molecule has 1 amide bonds. The zero-order chi connectivity index (χ0) is 14.1. The number of rotatable bonds is 3. The van der Waals surface area contributed by atoms with Crippen LogP contribution in [0.15, 0.2) is 35.3 Å². The highest BCUT2D eigenvalue weighted by Crippen LogP contribution is 2.32. The molecule has 5 heteroatoms. The summed E-state index contributed by atoms with van der Waals surface area (Å²) in [7, 11) is 0. The van der Waals surface area contributed by atoms with Gasteiger partial charge in [0.2, 0.25) is 6.04 Å². The Morgan fingerprint density at radius 1 is 1.40 bits per heavy atom. The van der Waals surface area contributed by atoms with Gasteiger partial charge in [-0.25, -0.2) is 9.79 Å². The lowest BCUT2D eigenvalue weighted by atomic mass is 9.98. The summed E-state index contributed by atoms with van der Waals surface area (Å²) in [5.41, 5.74) is 1.20. The van der Waals surface area contributed by atoms with Crippen LogP contribution in [0.5, 0.6) is 0 Å². The number of hydrogen-bond acceptors (Lipinski definition) is 4. The van der Waals surface area contributed by atoms with Crippen LogP contribution in [0.4, 0.5) is 0 Å². The number of esters is 1. The van der Waals surface area contributed by atoms with Crippen LogP contribution in [0.1, 0.15) is 24.8 Å². The van der Waals surface area contributed by atoms with E-state index in [1.54, 1.807) is 11.8 Å². The van der Waals surface area contributed by atoms with Crippen molar-refractivity contribution in [3.63, 3.8) is 0 Å². The molecule has 104 valence electrons. The first-order chi connectivity index (χ1) is 9.70. The van der Waals surface area contributed by atoms with Crippen LogP contribution >= 0.6 is 0 Å². The van der Waals surface area contributed by atoms with E-state index in [1.165, 1.54) is 5.56 Å². The Morgan fingerprint density at radius 3 is 2.80 bits per heavy atom. The molecule has 5 nitrogen and oxygen atoms in total. The highest BCUT2D eigenvalue weighted by Gasteiger charge is 2.45. The SMILES string of the molecule is CCOC(=O)C1N=C2CC(c3ccccc3)CN2C1=O. The summed E-state index contributed by atoms with van der Waals surface area (Å²) in [5, 5.41) is 0. The molecule has 0 saturated carbocycles. The minimum Gasteiger partial charge on any atom is -0.464 e. The van der Waals surface area contributed by atoms with Crippen molar-refractivity contribution in [1.29, 1.82) is 0 Å². The first kappa shape index (κ1) is 12.8. The second-order valence-electron chi connectivity index (χ2n) is 4.96. The van der Waals surface area contributed by atoms with Gasteiger partial charge >= 0.3 is 5.97 Å². The average Bonchev–Trinajstić information content (AvgIpc) is 3.00. The summed E-state index contributed by atoms with van der Waals surface area (Å²) < 4.78 is 4.88. The fourth-order valence-corrected chi connectivity index (χ4v) is 2.74. The second kappa shape index (κ2) is 5.07. The van der Waals surface area contributed by atoms with Gasteiger partial charge in [0, 0.05) is 18.9 Å². The number of fused-ring (bicyclic) bond motifs is 1. The van der Waals surface area contributed by atoms with Gasteiger partial charge < -0.3 is 4.74 Å². The van der Waals surface area contributed by atoms with Crippen molar-refractivity contribution in [3.8, 4) is 0 Å². The molecule has 2 unspecified atom stereocenters. The van der Waals surface area contributed by atoms with Crippen LogP contribution in [-0.2, 0) is 14.3 Å². The van der Waals surface area contributed by atoms with E-state index in [9.17, 15) is 9.59 Å². The summed E-state index contributed by atoms with van der Waals surface area (Å²) in [5.74, 6) is 0.177. The smallest absolute Gasteiger partial charge is 0.340 e. The highest BCUT2D eigenvalue weighted by atomic mass is 16.5. The largest absolute Gasteiger partial charge is 0.464 e. The van der Waals surface area contributed by atoms with Gasteiger partial charge in [0.05, 0.1) is 6.61 Å². The van der Waals surface area contributed by atoms with Gasteiger partial charge in [-0.05, 0) is 12.5 Å². The van der Waals surface area contributed by atoms with Gasteiger partial charge in [-0.3, -0.25) is 9.69 Å². The van der Waals surface area contributed by atoms with Crippen molar-refractivity contribution < 1.29 is 14.3 Å². The Balaban J connectivity index is 1.77. The van der Waals surface area contributed by atoms with Crippen molar-refractivity contribution in [2.24, 2.45) is 4.99 Å². The Kier molecular flexibility index (Phi) is 3.26. The minimum atomic E-state index is -0.985. The summed E-state index contributed by atoms with van der Waals surface area (Å²) in [6, 6.07) is 9.08. The maximum Gasteiger partial charge on any atom is 0.340 e. The summed E-state index contributed by atoms with van der Waals surface area (Å²) in [4.78, 5) is 29.7. The van der Waals surface area contributed by atoms with E-state index >= 15 is 0 Å². The highest BCUT2D eigenvalue weighted by molar-refractivity contribution is 6.15. The molecule has 2 aliphatic heterocycles. The van der Waals surface area contributed by atoms with Crippen molar-refractivity contribution in [2.45, 2.75) is 25.3 Å². The average molecular weight is 272 g/mol. The number of carbonyl (C=O) groups excluding carboxylic acids is 2. The topological polar surface area (TPSA) is 59.0 Å². The lowest BCUT2D eigenvalue weighted by Gasteiger charge is -2.14. The molecular weight excluding hydrogens is 256 g/mol. The first-order valence-electron chi connectivity index (χ1n) is 6.80. The molecule has 0 aromatic heterocycles. The van der Waals surface area contributed by atoms with E-state index in [2.05, 4.69) is 17.1 Å². The van der Waals surface area contributed by atoms with Gasteiger partial charge in [0.1, 0.15) is 5.84 Å². The van der Waals surface area contributed by atoms with Crippen molar-refractivity contribution in [1.82, 2.24) is 4.90 Å². The Bertz CT molecular complexity index is 568. The lowest BCUT2D eigenvalue weighted by molar-refractivity contribution is -0.148. The van der Waals surface area contributed by atoms with Crippen molar-refractivity contribution >= 4 is 17.7 Å². The fourth-order valence-electron chi connectivity index (χ4n) is 2.74. The maximum atomic E-state index is 12.2. The monoisotopic (exact) mass is 272 g/mol. The van der Waals surface area contributed by atoms with Gasteiger partial charge in [-0.1, -0.05) is 30.3 Å². The molecule has 0 bridgehead atoms. The predicted molar refractivity (Wildman–Crippen MR) is 73.4 cm³/mol. The van der Waals surface area contributed by atoms with Crippen LogP contribution in [0.3, 0.4) is 0 Å². The minimum absolute atomic E-state index is 0.253. The molecule has 20 heavy (non-hydrogen) atoms. The van der Waals surface area contributed by atoms with Crippen LogP contribution in [0.2, 0.25) is 0 Å². The third-order valence-electron chi connectivity index (χ3n) is 3.70. The zero-order valence-corrected chi connectivity index (χ0v) is 11.3. The molecule has 2 heterocycles. The molecule has 1 aromatic carbocycles. The van der Waals surface area contributed by atoms with Crippen molar-refractivity contribution in [2.75, 3.05) is 13.2 Å². The van der Waals surface area contributed by atoms with E-state index in [0.29, 0.717) is 18.8 Å². The Hall–Kier alpha value is -2.17. The molecule has 0 N–H and O–H groups in total. The molecule has 1 aromatic rings. The Labute approximate surface area is 117 Å². The molecular formula is C15H16N2O3. The van der Waals surface area contributed by atoms with Crippen LogP contribution in [0.25, 0.3) is 0 Å². The van der Waals surface area contributed by atoms with E-state index < -0.39 is 12.0 Å². The number of hydrogen-bond donors (Lipinski definition) is 0. The zero-order valence-electron chi connectivity index (χ0n) is 11.3. The lowest BCUT2D eigenvalue weighted by Crippen LogP contribution is -2.36. The molecule has 1 fully saturated rings. The number of aliphatic imine (C=N–C) groups is 1. The van der Waals surface area contributed by atoms with Crippen molar-refractivity contribution in [3.05, 3.63) is 35.9 Å². The molecule has 3 rings (SSSR count). The number of amidine groups is 1. The third kappa shape index (κ3) is 2.09. The van der Waals surface area contributed by atoms with E-state index in [-0.39, 0.29) is 18.4 Å². The molecule has 0 aliphatic carbocycles. The standard InChI is InChI=1S/C15H16N2O3/c1-2-20-15(19)13-14(18)17-9-11(8-12(17)16-13)10-6-4-3-5-7-10/h3-7,11,13H,2,8-9H2,1H3. The predicted octanol–water partition coefficient (Wildman–Crippen LogP) is 1.35. The van der Waals surface area contributed by atoms with Crippen LogP contribution in [-0.4, -0.2) is 41.8 Å². The van der Waals surface area contributed by atoms with E-state index in [1.807, 2.05) is 18.2 Å². The molecule has 2 aliphatic rings.